The van der Waals surface area contributed by atoms with Gasteiger partial charge in [-0.05, 0) is 18.1 Å². The molecule has 1 heterocycles. The first kappa shape index (κ1) is 11.4. The fraction of sp³-hybridized carbons (Fsp3) is 0.333. The minimum atomic E-state index is -0.925. The lowest BCUT2D eigenvalue weighted by Gasteiger charge is -2.14. The Labute approximate surface area is 99.0 Å². The predicted octanol–water partition coefficient (Wildman–Crippen LogP) is 0.953. The van der Waals surface area contributed by atoms with Gasteiger partial charge in [0.15, 0.2) is 0 Å². The summed E-state index contributed by atoms with van der Waals surface area (Å²) < 4.78 is 0. The van der Waals surface area contributed by atoms with Gasteiger partial charge in [-0.15, -0.1) is 0 Å². The zero-order chi connectivity index (χ0) is 12.3. The Morgan fingerprint density at radius 3 is 2.82 bits per heavy atom. The van der Waals surface area contributed by atoms with Crippen LogP contribution < -0.4 is 5.32 Å². The molecule has 1 fully saturated rings. The number of rotatable bonds is 4. The van der Waals surface area contributed by atoms with E-state index >= 15 is 0 Å². The molecule has 17 heavy (non-hydrogen) atoms. The second-order valence-corrected chi connectivity index (χ2v) is 3.93. The summed E-state index contributed by atoms with van der Waals surface area (Å²) in [5.74, 6) is -0.925. The average molecular weight is 234 g/mol. The summed E-state index contributed by atoms with van der Waals surface area (Å²) in [5.41, 5.74) is 1.08. The smallest absolute Gasteiger partial charge is 0.335 e. The number of hydrogen-bond donors (Lipinski definition) is 2. The summed E-state index contributed by atoms with van der Waals surface area (Å²) in [6.45, 7) is 1.91. The molecule has 5 heteroatoms. The molecule has 0 aliphatic carbocycles. The van der Waals surface area contributed by atoms with E-state index in [1.807, 2.05) is 6.07 Å². The van der Waals surface area contributed by atoms with Crippen molar-refractivity contribution < 1.29 is 14.7 Å². The summed E-state index contributed by atoms with van der Waals surface area (Å²) in [7, 11) is 0. The Kier molecular flexibility index (Phi) is 3.27. The third-order valence-corrected chi connectivity index (χ3v) is 2.84. The zero-order valence-electron chi connectivity index (χ0n) is 9.35. The van der Waals surface area contributed by atoms with E-state index in [4.69, 9.17) is 5.11 Å². The van der Waals surface area contributed by atoms with Gasteiger partial charge >= 0.3 is 12.0 Å². The monoisotopic (exact) mass is 234 g/mol. The Morgan fingerprint density at radius 1 is 1.41 bits per heavy atom. The van der Waals surface area contributed by atoms with Crippen molar-refractivity contribution >= 4 is 12.0 Å². The average Bonchev–Trinajstić information content (AvgIpc) is 2.72. The van der Waals surface area contributed by atoms with Crippen molar-refractivity contribution in [2.24, 2.45) is 0 Å². The van der Waals surface area contributed by atoms with E-state index in [9.17, 15) is 9.59 Å². The Hall–Kier alpha value is -2.04. The van der Waals surface area contributed by atoms with Crippen LogP contribution >= 0.6 is 0 Å². The van der Waals surface area contributed by atoms with Crippen molar-refractivity contribution in [1.29, 1.82) is 0 Å². The molecule has 0 atom stereocenters. The highest BCUT2D eigenvalue weighted by atomic mass is 16.4. The first-order valence-electron chi connectivity index (χ1n) is 5.52. The second-order valence-electron chi connectivity index (χ2n) is 3.93. The molecule has 0 aromatic heterocycles. The van der Waals surface area contributed by atoms with Gasteiger partial charge < -0.3 is 15.3 Å². The number of carboxylic acid groups (broad SMARTS) is 1. The summed E-state index contributed by atoms with van der Waals surface area (Å²) in [4.78, 5) is 24.0. The highest BCUT2D eigenvalue weighted by Crippen LogP contribution is 2.10. The van der Waals surface area contributed by atoms with Crippen molar-refractivity contribution in [2.75, 3.05) is 19.6 Å². The van der Waals surface area contributed by atoms with Crippen LogP contribution in [0.4, 0.5) is 4.79 Å². The second kappa shape index (κ2) is 4.86. The highest BCUT2D eigenvalue weighted by molar-refractivity contribution is 5.89. The van der Waals surface area contributed by atoms with Crippen LogP contribution in [0.25, 0.3) is 0 Å². The minimum absolute atomic E-state index is 0.0715. The van der Waals surface area contributed by atoms with Gasteiger partial charge in [0, 0.05) is 19.6 Å². The first-order valence-corrected chi connectivity index (χ1v) is 5.52. The molecule has 1 aliphatic rings. The lowest BCUT2D eigenvalue weighted by atomic mass is 10.0. The van der Waals surface area contributed by atoms with E-state index in [0.717, 1.165) is 5.56 Å². The minimum Gasteiger partial charge on any atom is -0.478 e. The van der Waals surface area contributed by atoms with Gasteiger partial charge in [-0.3, -0.25) is 0 Å². The number of aromatic carboxylic acids is 1. The number of urea groups is 1. The predicted molar refractivity (Wildman–Crippen MR) is 62.1 cm³/mol. The van der Waals surface area contributed by atoms with Crippen LogP contribution in [0.5, 0.6) is 0 Å². The van der Waals surface area contributed by atoms with Crippen LogP contribution in [0.1, 0.15) is 15.9 Å². The largest absolute Gasteiger partial charge is 0.478 e. The Bertz CT molecular complexity index is 445. The molecule has 1 aliphatic heterocycles. The molecule has 2 amide bonds. The van der Waals surface area contributed by atoms with E-state index in [2.05, 4.69) is 5.32 Å². The van der Waals surface area contributed by atoms with E-state index in [0.29, 0.717) is 31.6 Å². The SMILES string of the molecule is O=C(O)c1ccccc1CCN1CCNC1=O. The van der Waals surface area contributed by atoms with Gasteiger partial charge in [0.1, 0.15) is 0 Å². The summed E-state index contributed by atoms with van der Waals surface area (Å²) >= 11 is 0. The molecule has 0 radical (unpaired) electrons. The third-order valence-electron chi connectivity index (χ3n) is 2.84. The number of nitrogens with one attached hydrogen (secondary N) is 1. The normalized spacial score (nSPS) is 14.8. The molecule has 0 saturated carbocycles. The van der Waals surface area contributed by atoms with Gasteiger partial charge in [-0.1, -0.05) is 18.2 Å². The molecule has 1 saturated heterocycles. The standard InChI is InChI=1S/C12H14N2O3/c15-11(16)10-4-2-1-3-9(10)5-7-14-8-6-13-12(14)17/h1-4H,5-8H2,(H,13,17)(H,15,16). The molecule has 90 valence electrons. The van der Waals surface area contributed by atoms with Gasteiger partial charge in [-0.25, -0.2) is 9.59 Å². The van der Waals surface area contributed by atoms with Crippen LogP contribution in [0.2, 0.25) is 0 Å². The Balaban J connectivity index is 2.03. The van der Waals surface area contributed by atoms with Gasteiger partial charge in [0.25, 0.3) is 0 Å². The topological polar surface area (TPSA) is 69.6 Å². The lowest BCUT2D eigenvalue weighted by Crippen LogP contribution is -2.30. The summed E-state index contributed by atoms with van der Waals surface area (Å²) in [5, 5.41) is 11.7. The molecule has 1 aromatic carbocycles. The van der Waals surface area contributed by atoms with Crippen LogP contribution in [-0.4, -0.2) is 41.6 Å². The van der Waals surface area contributed by atoms with Crippen molar-refractivity contribution in [3.8, 4) is 0 Å². The number of carboxylic acids is 1. The number of hydrogen-bond acceptors (Lipinski definition) is 2. The van der Waals surface area contributed by atoms with Crippen molar-refractivity contribution in [2.45, 2.75) is 6.42 Å². The quantitative estimate of drug-likeness (QED) is 0.815. The molecular weight excluding hydrogens is 220 g/mol. The van der Waals surface area contributed by atoms with Crippen LogP contribution in [0.15, 0.2) is 24.3 Å². The summed E-state index contributed by atoms with van der Waals surface area (Å²) in [6.07, 6.45) is 0.565. The molecule has 5 nitrogen and oxygen atoms in total. The summed E-state index contributed by atoms with van der Waals surface area (Å²) in [6, 6.07) is 6.82. The van der Waals surface area contributed by atoms with Crippen LogP contribution in [0.3, 0.4) is 0 Å². The van der Waals surface area contributed by atoms with Gasteiger partial charge in [-0.2, -0.15) is 0 Å². The molecule has 2 rings (SSSR count). The molecule has 2 N–H and O–H groups in total. The maximum absolute atomic E-state index is 11.3. The molecule has 0 bridgehead atoms. The number of benzene rings is 1. The van der Waals surface area contributed by atoms with Crippen molar-refractivity contribution in [1.82, 2.24) is 10.2 Å². The van der Waals surface area contributed by atoms with E-state index in [1.54, 1.807) is 23.1 Å². The van der Waals surface area contributed by atoms with Gasteiger partial charge in [0.2, 0.25) is 0 Å². The molecule has 0 spiro atoms. The maximum Gasteiger partial charge on any atom is 0.335 e. The number of nitrogens with zero attached hydrogens (tertiary/aromatic N) is 1. The maximum atomic E-state index is 11.3. The Morgan fingerprint density at radius 2 is 2.18 bits per heavy atom. The number of carbonyl (C=O) groups is 2. The number of amides is 2. The fourth-order valence-electron chi connectivity index (χ4n) is 1.93. The van der Waals surface area contributed by atoms with E-state index < -0.39 is 5.97 Å². The molecule has 1 aromatic rings. The van der Waals surface area contributed by atoms with E-state index in [1.165, 1.54) is 0 Å². The zero-order valence-corrected chi connectivity index (χ0v) is 9.35. The third kappa shape index (κ3) is 2.55. The lowest BCUT2D eigenvalue weighted by molar-refractivity contribution is 0.0695. The highest BCUT2D eigenvalue weighted by Gasteiger charge is 2.19. The first-order chi connectivity index (χ1) is 8.18. The molecule has 0 unspecified atom stereocenters. The number of carbonyl (C=O) groups excluding carboxylic acids is 1. The molecular formula is C12H14N2O3. The van der Waals surface area contributed by atoms with Crippen molar-refractivity contribution in [3.05, 3.63) is 35.4 Å². The fourth-order valence-corrected chi connectivity index (χ4v) is 1.93. The van der Waals surface area contributed by atoms with E-state index in [-0.39, 0.29) is 6.03 Å². The van der Waals surface area contributed by atoms with Crippen LogP contribution in [-0.2, 0) is 6.42 Å². The van der Waals surface area contributed by atoms with Gasteiger partial charge in [0.05, 0.1) is 5.56 Å². The van der Waals surface area contributed by atoms with Crippen LogP contribution in [0, 0.1) is 0 Å². The van der Waals surface area contributed by atoms with Crippen molar-refractivity contribution in [3.63, 3.8) is 0 Å².